The Balaban J connectivity index is 0.000000621. The Labute approximate surface area is 204 Å². The highest BCUT2D eigenvalue weighted by Crippen LogP contribution is 2.16. The summed E-state index contributed by atoms with van der Waals surface area (Å²) < 4.78 is 6.90. The molecule has 0 aliphatic heterocycles. The van der Waals surface area contributed by atoms with E-state index in [1.54, 1.807) is 5.48 Å². The molecule has 0 aliphatic carbocycles. The van der Waals surface area contributed by atoms with E-state index < -0.39 is 5.91 Å². The molecule has 0 atom stereocenters. The second-order valence-corrected chi connectivity index (χ2v) is 9.21. The fourth-order valence-electron chi connectivity index (χ4n) is 3.91. The van der Waals surface area contributed by atoms with Gasteiger partial charge in [0, 0.05) is 0 Å². The van der Waals surface area contributed by atoms with Crippen molar-refractivity contribution in [2.45, 2.75) is 105 Å². The molecule has 0 spiro atoms. The molecule has 0 bridgehead atoms. The highest BCUT2D eigenvalue weighted by molar-refractivity contribution is 5.77. The zero-order valence-electron chi connectivity index (χ0n) is 22.3. The summed E-state index contributed by atoms with van der Waals surface area (Å²) in [7, 11) is 0. The van der Waals surface area contributed by atoms with Crippen molar-refractivity contribution in [1.29, 1.82) is 0 Å². The number of rotatable bonds is 18. The van der Waals surface area contributed by atoms with E-state index in [1.807, 2.05) is 24.3 Å². The van der Waals surface area contributed by atoms with Crippen LogP contribution < -0.4 is 10.2 Å². The molecule has 0 heterocycles. The van der Waals surface area contributed by atoms with Gasteiger partial charge in [0.05, 0.1) is 39.2 Å². The minimum absolute atomic E-state index is 0.172. The van der Waals surface area contributed by atoms with Crippen molar-refractivity contribution in [3.8, 4) is 5.75 Å². The van der Waals surface area contributed by atoms with Crippen LogP contribution in [0.3, 0.4) is 0 Å². The number of benzene rings is 1. The lowest BCUT2D eigenvalue weighted by Gasteiger charge is -2.39. The molecule has 0 aliphatic rings. The van der Waals surface area contributed by atoms with Crippen molar-refractivity contribution in [3.05, 3.63) is 29.8 Å². The Kier molecular flexibility index (Phi) is 20.0. The average Bonchev–Trinajstić information content (AvgIpc) is 2.84. The zero-order chi connectivity index (χ0) is 24.8. The van der Waals surface area contributed by atoms with Crippen LogP contribution in [0.25, 0.3) is 0 Å². The zero-order valence-corrected chi connectivity index (χ0v) is 22.3. The first-order valence-corrected chi connectivity index (χ1v) is 13.5. The van der Waals surface area contributed by atoms with Gasteiger partial charge in [-0.1, -0.05) is 78.9 Å². The molecule has 33 heavy (non-hydrogen) atoms. The summed E-state index contributed by atoms with van der Waals surface area (Å²) in [6, 6.07) is 7.29. The molecule has 1 amide bonds. The molecular formula is C28H53N2O3+. The van der Waals surface area contributed by atoms with Crippen molar-refractivity contribution in [2.75, 3.05) is 32.8 Å². The standard InChI is InChI=1S/C16H36N.C12H17NO3/c1-5-9-13-17(14-10-6-2,15-11-7-3)16-12-8-4;1-2-3-8-16-11-6-4-10(5-7-11)9-12(14)13-15/h5-16H2,1-4H3;4-7,15H,2-3,8-9H2,1H3,(H,13,14)/q+1;. The van der Waals surface area contributed by atoms with Crippen LogP contribution in [-0.4, -0.2) is 48.4 Å². The van der Waals surface area contributed by atoms with Gasteiger partial charge in [-0.2, -0.15) is 0 Å². The van der Waals surface area contributed by atoms with Gasteiger partial charge < -0.3 is 9.22 Å². The lowest BCUT2D eigenvalue weighted by Crippen LogP contribution is -2.50. The maximum atomic E-state index is 10.9. The van der Waals surface area contributed by atoms with Gasteiger partial charge in [0.1, 0.15) is 5.75 Å². The fourth-order valence-corrected chi connectivity index (χ4v) is 3.91. The van der Waals surface area contributed by atoms with Gasteiger partial charge in [-0.05, 0) is 49.8 Å². The van der Waals surface area contributed by atoms with E-state index in [9.17, 15) is 4.79 Å². The summed E-state index contributed by atoms with van der Waals surface area (Å²) >= 11 is 0. The molecule has 0 unspecified atom stereocenters. The predicted octanol–water partition coefficient (Wildman–Crippen LogP) is 6.92. The van der Waals surface area contributed by atoms with Gasteiger partial charge in [0.25, 0.3) is 0 Å². The number of hydrogen-bond donors (Lipinski definition) is 2. The maximum absolute atomic E-state index is 10.9. The summed E-state index contributed by atoms with van der Waals surface area (Å²) in [6.45, 7) is 17.8. The molecule has 1 aromatic rings. The van der Waals surface area contributed by atoms with E-state index in [-0.39, 0.29) is 6.42 Å². The van der Waals surface area contributed by atoms with Crippen molar-refractivity contribution in [3.63, 3.8) is 0 Å². The number of carbonyl (C=O) groups is 1. The van der Waals surface area contributed by atoms with Crippen LogP contribution in [0.5, 0.6) is 5.75 Å². The lowest BCUT2D eigenvalue weighted by molar-refractivity contribution is -0.929. The first kappa shape index (κ1) is 31.4. The number of carbonyl (C=O) groups excluding carboxylic acids is 1. The maximum Gasteiger partial charge on any atom is 0.247 e. The minimum atomic E-state index is -0.417. The van der Waals surface area contributed by atoms with Crippen molar-refractivity contribution < 1.29 is 19.2 Å². The summed E-state index contributed by atoms with van der Waals surface area (Å²) in [5.74, 6) is 0.390. The average molecular weight is 466 g/mol. The van der Waals surface area contributed by atoms with E-state index in [2.05, 4.69) is 34.6 Å². The molecule has 0 radical (unpaired) electrons. The molecule has 5 nitrogen and oxygen atoms in total. The molecule has 0 saturated heterocycles. The van der Waals surface area contributed by atoms with E-state index in [0.717, 1.165) is 24.2 Å². The highest BCUT2D eigenvalue weighted by atomic mass is 16.5. The number of amides is 1. The summed E-state index contributed by atoms with van der Waals surface area (Å²) in [6.07, 6.45) is 13.4. The van der Waals surface area contributed by atoms with E-state index in [0.29, 0.717) is 6.61 Å². The van der Waals surface area contributed by atoms with Crippen molar-refractivity contribution in [1.82, 2.24) is 5.48 Å². The molecule has 1 aromatic carbocycles. The van der Waals surface area contributed by atoms with Crippen LogP contribution in [0.1, 0.15) is 104 Å². The van der Waals surface area contributed by atoms with Crippen LogP contribution in [0, 0.1) is 0 Å². The molecule has 2 N–H and O–H groups in total. The number of nitrogens with one attached hydrogen (secondary N) is 1. The van der Waals surface area contributed by atoms with Crippen molar-refractivity contribution in [2.24, 2.45) is 0 Å². The molecule has 0 fully saturated rings. The number of hydrogen-bond acceptors (Lipinski definition) is 3. The van der Waals surface area contributed by atoms with Gasteiger partial charge in [-0.15, -0.1) is 0 Å². The predicted molar refractivity (Wildman–Crippen MR) is 140 cm³/mol. The Hall–Kier alpha value is -1.59. The van der Waals surface area contributed by atoms with Crippen molar-refractivity contribution >= 4 is 5.91 Å². The van der Waals surface area contributed by atoms with E-state index in [4.69, 9.17) is 9.94 Å². The number of hydroxylamine groups is 1. The third-order valence-corrected chi connectivity index (χ3v) is 6.12. The minimum Gasteiger partial charge on any atom is -0.494 e. The molecule has 1 rings (SSSR count). The van der Waals surface area contributed by atoms with Crippen LogP contribution in [0.2, 0.25) is 0 Å². The van der Waals surface area contributed by atoms with E-state index in [1.165, 1.54) is 82.0 Å². The molecule has 0 saturated carbocycles. The van der Waals surface area contributed by atoms with Gasteiger partial charge in [-0.3, -0.25) is 10.0 Å². The second kappa shape index (κ2) is 21.0. The quantitative estimate of drug-likeness (QED) is 0.107. The van der Waals surface area contributed by atoms with Crippen LogP contribution >= 0.6 is 0 Å². The van der Waals surface area contributed by atoms with Gasteiger partial charge in [0.15, 0.2) is 0 Å². The highest BCUT2D eigenvalue weighted by Gasteiger charge is 2.24. The van der Waals surface area contributed by atoms with Crippen LogP contribution in [0.4, 0.5) is 0 Å². The molecular weight excluding hydrogens is 412 g/mol. The number of quaternary nitrogens is 1. The number of nitrogens with zero attached hydrogens (tertiary/aromatic N) is 1. The number of ether oxygens (including phenoxy) is 1. The topological polar surface area (TPSA) is 58.6 Å². The van der Waals surface area contributed by atoms with Crippen LogP contribution in [0.15, 0.2) is 24.3 Å². The Morgan fingerprint density at radius 1 is 0.758 bits per heavy atom. The van der Waals surface area contributed by atoms with Gasteiger partial charge in [-0.25, -0.2) is 5.48 Å². The fraction of sp³-hybridized carbons (Fsp3) is 0.750. The normalized spacial score (nSPS) is 11.0. The third kappa shape index (κ3) is 15.8. The smallest absolute Gasteiger partial charge is 0.247 e. The van der Waals surface area contributed by atoms with Crippen LogP contribution in [-0.2, 0) is 11.2 Å². The first-order valence-electron chi connectivity index (χ1n) is 13.5. The molecule has 0 aromatic heterocycles. The van der Waals surface area contributed by atoms with Gasteiger partial charge in [0.2, 0.25) is 5.91 Å². The third-order valence-electron chi connectivity index (χ3n) is 6.12. The summed E-state index contributed by atoms with van der Waals surface area (Å²) in [4.78, 5) is 10.9. The summed E-state index contributed by atoms with van der Waals surface area (Å²) in [5, 5.41) is 8.37. The van der Waals surface area contributed by atoms with E-state index >= 15 is 0 Å². The Bertz CT molecular complexity index is 538. The SMILES string of the molecule is CCCCOc1ccc(CC(=O)NO)cc1.CCCC[N+](CCCC)(CCCC)CCCC. The Morgan fingerprint density at radius 3 is 1.55 bits per heavy atom. The molecule has 192 valence electrons. The first-order chi connectivity index (χ1) is 16.0. The molecule has 5 heteroatoms. The second-order valence-electron chi connectivity index (χ2n) is 9.21. The monoisotopic (exact) mass is 465 g/mol. The lowest BCUT2D eigenvalue weighted by atomic mass is 10.1. The number of unbranched alkanes of at least 4 members (excludes halogenated alkanes) is 5. The Morgan fingerprint density at radius 2 is 1.18 bits per heavy atom. The van der Waals surface area contributed by atoms with Gasteiger partial charge >= 0.3 is 0 Å². The largest absolute Gasteiger partial charge is 0.494 e. The summed E-state index contributed by atoms with van der Waals surface area (Å²) in [5.41, 5.74) is 2.44.